The zero-order valence-electron chi connectivity index (χ0n) is 18.6. The van der Waals surface area contributed by atoms with Gasteiger partial charge in [-0.05, 0) is 92.6 Å². The summed E-state index contributed by atoms with van der Waals surface area (Å²) in [6.45, 7) is 11.2. The molecule has 0 aliphatic heterocycles. The maximum absolute atomic E-state index is 13.3. The highest BCUT2D eigenvalue weighted by molar-refractivity contribution is 7.80. The number of hydrogen-bond acceptors (Lipinski definition) is 3. The minimum absolute atomic E-state index is 0.354. The van der Waals surface area contributed by atoms with Gasteiger partial charge in [0.05, 0.1) is 11.1 Å². The molecular formula is C26H25ClO3P+. The second kappa shape index (κ2) is 8.86. The fraction of sp³-hybridized carbons (Fsp3) is 0.231. The average Bonchev–Trinajstić information content (AvgIpc) is 2.67. The van der Waals surface area contributed by atoms with Crippen LogP contribution in [0.1, 0.15) is 54.1 Å². The molecule has 0 fully saturated rings. The highest BCUT2D eigenvalue weighted by Gasteiger charge is 2.43. The van der Waals surface area contributed by atoms with Gasteiger partial charge in [-0.1, -0.05) is 52.1 Å². The summed E-state index contributed by atoms with van der Waals surface area (Å²) in [6.07, 6.45) is 0. The van der Waals surface area contributed by atoms with E-state index in [1.165, 1.54) is 0 Å². The lowest BCUT2D eigenvalue weighted by Gasteiger charge is -2.15. The first kappa shape index (κ1) is 23.1. The van der Waals surface area contributed by atoms with Crippen LogP contribution in [0.4, 0.5) is 0 Å². The molecule has 0 bridgehead atoms. The van der Waals surface area contributed by atoms with Gasteiger partial charge in [-0.2, -0.15) is 0 Å². The molecule has 0 heterocycles. The van der Waals surface area contributed by atoms with Gasteiger partial charge < -0.3 is 0 Å². The van der Waals surface area contributed by atoms with Crippen LogP contribution in [-0.4, -0.2) is 11.0 Å². The van der Waals surface area contributed by atoms with Crippen LogP contribution < -0.4 is 0 Å². The Morgan fingerprint density at radius 1 is 0.710 bits per heavy atom. The third kappa shape index (κ3) is 4.39. The van der Waals surface area contributed by atoms with Crippen molar-refractivity contribution in [2.24, 2.45) is 0 Å². The number of carbonyl (C=O) groups excluding carboxylic acids is 2. The molecule has 1 unspecified atom stereocenters. The van der Waals surface area contributed by atoms with E-state index in [4.69, 9.17) is 11.6 Å². The van der Waals surface area contributed by atoms with Crippen LogP contribution in [0, 0.1) is 41.5 Å². The molecule has 0 saturated heterocycles. The lowest BCUT2D eigenvalue weighted by atomic mass is 9.90. The molecule has 1 atom stereocenters. The quantitative estimate of drug-likeness (QED) is 0.374. The average molecular weight is 452 g/mol. The number of rotatable bonds is 5. The Balaban J connectivity index is 2.09. The Hall–Kier alpha value is -2.61. The standard InChI is InChI=1S/C26H25ClO3P/c1-14-11-15(2)22(16(3)12-14)25(28)31(30)26(29)24-18(5)13-17(4)23(19(24)6)20-7-9-21(27)10-8-20/h7-13H,1-6H3/q+1. The topological polar surface area (TPSA) is 51.2 Å². The number of benzene rings is 3. The summed E-state index contributed by atoms with van der Waals surface area (Å²) in [5.74, 6) is 0. The van der Waals surface area contributed by atoms with Crippen LogP contribution >= 0.6 is 19.4 Å². The van der Waals surface area contributed by atoms with Crippen molar-refractivity contribution in [2.45, 2.75) is 41.5 Å². The number of aryl methyl sites for hydroxylation is 5. The molecule has 0 aromatic heterocycles. The Morgan fingerprint density at radius 3 is 1.74 bits per heavy atom. The van der Waals surface area contributed by atoms with Gasteiger partial charge in [0, 0.05) is 5.02 Å². The van der Waals surface area contributed by atoms with Gasteiger partial charge in [0.25, 0.3) is 0 Å². The number of halogens is 1. The van der Waals surface area contributed by atoms with Crippen LogP contribution in [0.15, 0.2) is 42.5 Å². The molecule has 3 nitrogen and oxygen atoms in total. The molecule has 0 radical (unpaired) electrons. The molecule has 3 aromatic rings. The molecule has 3 rings (SSSR count). The molecule has 31 heavy (non-hydrogen) atoms. The molecule has 3 aromatic carbocycles. The lowest BCUT2D eigenvalue weighted by Crippen LogP contribution is -2.09. The fourth-order valence-corrected chi connectivity index (χ4v) is 5.80. The third-order valence-electron chi connectivity index (χ3n) is 5.58. The van der Waals surface area contributed by atoms with E-state index in [0.29, 0.717) is 21.7 Å². The van der Waals surface area contributed by atoms with E-state index in [0.717, 1.165) is 38.9 Å². The van der Waals surface area contributed by atoms with Crippen molar-refractivity contribution in [3.63, 3.8) is 0 Å². The third-order valence-corrected chi connectivity index (χ3v) is 7.02. The van der Waals surface area contributed by atoms with Crippen molar-refractivity contribution < 1.29 is 14.2 Å². The summed E-state index contributed by atoms with van der Waals surface area (Å²) >= 11 is 6.03. The van der Waals surface area contributed by atoms with Gasteiger partial charge in [-0.3, -0.25) is 0 Å². The van der Waals surface area contributed by atoms with Crippen molar-refractivity contribution >= 4 is 30.5 Å². The fourth-order valence-electron chi connectivity index (χ4n) is 4.39. The number of carbonyl (C=O) groups is 2. The molecule has 0 saturated carbocycles. The summed E-state index contributed by atoms with van der Waals surface area (Å²) in [5.41, 5.74) is 6.23. The van der Waals surface area contributed by atoms with Gasteiger partial charge in [-0.25, -0.2) is 9.59 Å². The summed E-state index contributed by atoms with van der Waals surface area (Å²) in [6, 6.07) is 13.0. The molecule has 0 amide bonds. The smallest absolute Gasteiger partial charge is 0.234 e. The van der Waals surface area contributed by atoms with E-state index in [1.54, 1.807) is 12.1 Å². The molecule has 0 aliphatic carbocycles. The summed E-state index contributed by atoms with van der Waals surface area (Å²) in [4.78, 5) is 26.4. The SMILES string of the molecule is Cc1cc(C)c(C(=O)[P+](=O)C(=O)c2c(C)cc(C)c(-c3ccc(Cl)cc3)c2C)c(C)c1. The zero-order valence-corrected chi connectivity index (χ0v) is 20.2. The van der Waals surface area contributed by atoms with Gasteiger partial charge >= 0.3 is 18.8 Å². The predicted octanol–water partition coefficient (Wildman–Crippen LogP) is 7.67. The molecule has 0 spiro atoms. The van der Waals surface area contributed by atoms with Crippen LogP contribution in [0.25, 0.3) is 11.1 Å². The van der Waals surface area contributed by atoms with Crippen molar-refractivity contribution in [1.29, 1.82) is 0 Å². The zero-order chi connectivity index (χ0) is 23.0. The van der Waals surface area contributed by atoms with E-state index in [9.17, 15) is 14.2 Å². The lowest BCUT2D eigenvalue weighted by molar-refractivity contribution is 0.104. The molecular weight excluding hydrogens is 427 g/mol. The van der Waals surface area contributed by atoms with Crippen LogP contribution in [0.5, 0.6) is 0 Å². The molecule has 158 valence electrons. The minimum atomic E-state index is -2.77. The van der Waals surface area contributed by atoms with E-state index < -0.39 is 18.8 Å². The van der Waals surface area contributed by atoms with Gasteiger partial charge in [0.15, 0.2) is 0 Å². The summed E-state index contributed by atoms with van der Waals surface area (Å²) < 4.78 is 13.1. The predicted molar refractivity (Wildman–Crippen MR) is 128 cm³/mol. The second-order valence-corrected chi connectivity index (χ2v) is 9.91. The monoisotopic (exact) mass is 451 g/mol. The summed E-state index contributed by atoms with van der Waals surface area (Å²) in [7, 11) is -2.77. The highest BCUT2D eigenvalue weighted by atomic mass is 35.5. The Bertz CT molecular complexity index is 1220. The Kier molecular flexibility index (Phi) is 6.59. The first-order valence-corrected chi connectivity index (χ1v) is 11.7. The van der Waals surface area contributed by atoms with Crippen molar-refractivity contribution in [3.8, 4) is 11.1 Å². The van der Waals surface area contributed by atoms with Gasteiger partial charge in [0.1, 0.15) is 0 Å². The van der Waals surface area contributed by atoms with Crippen LogP contribution in [0.2, 0.25) is 5.02 Å². The maximum atomic E-state index is 13.3. The van der Waals surface area contributed by atoms with Gasteiger partial charge in [0.2, 0.25) is 0 Å². The van der Waals surface area contributed by atoms with E-state index in [-0.39, 0.29) is 0 Å². The Morgan fingerprint density at radius 2 is 1.19 bits per heavy atom. The Labute approximate surface area is 189 Å². The highest BCUT2D eigenvalue weighted by Crippen LogP contribution is 2.39. The van der Waals surface area contributed by atoms with Gasteiger partial charge in [-0.15, -0.1) is 0 Å². The van der Waals surface area contributed by atoms with E-state index in [1.807, 2.05) is 71.9 Å². The van der Waals surface area contributed by atoms with Crippen molar-refractivity contribution in [3.05, 3.63) is 92.0 Å². The first-order chi connectivity index (χ1) is 14.5. The molecule has 0 N–H and O–H groups in total. The van der Waals surface area contributed by atoms with Crippen LogP contribution in [-0.2, 0) is 4.57 Å². The largest absolute Gasteiger partial charge is 0.501 e. The van der Waals surface area contributed by atoms with Crippen LogP contribution in [0.3, 0.4) is 0 Å². The summed E-state index contributed by atoms with van der Waals surface area (Å²) in [5, 5.41) is 0.625. The van der Waals surface area contributed by atoms with E-state index >= 15 is 0 Å². The second-order valence-electron chi connectivity index (χ2n) is 8.07. The van der Waals surface area contributed by atoms with Crippen molar-refractivity contribution in [2.75, 3.05) is 0 Å². The first-order valence-electron chi connectivity index (χ1n) is 10.0. The van der Waals surface area contributed by atoms with E-state index in [2.05, 4.69) is 0 Å². The number of hydrogen-bond donors (Lipinski definition) is 0. The normalized spacial score (nSPS) is 11.4. The molecule has 5 heteroatoms. The minimum Gasteiger partial charge on any atom is -0.234 e. The maximum Gasteiger partial charge on any atom is 0.501 e. The molecule has 0 aliphatic rings. The van der Waals surface area contributed by atoms with Crippen molar-refractivity contribution in [1.82, 2.24) is 0 Å².